The Balaban J connectivity index is 1.81. The van der Waals surface area contributed by atoms with Crippen molar-refractivity contribution in [1.29, 1.82) is 0 Å². The van der Waals surface area contributed by atoms with Crippen LogP contribution < -0.4 is 5.73 Å². The average molecular weight is 254 g/mol. The molecule has 0 amide bonds. The molecule has 0 atom stereocenters. The molecule has 3 heteroatoms. The van der Waals surface area contributed by atoms with Crippen LogP contribution in [0.1, 0.15) is 10.4 Å². The van der Waals surface area contributed by atoms with Gasteiger partial charge in [-0.15, -0.1) is 11.3 Å². The average Bonchev–Trinajstić information content (AvgIpc) is 2.80. The number of fused-ring (bicyclic) bond motifs is 1. The van der Waals surface area contributed by atoms with Crippen LogP contribution in [0.25, 0.3) is 10.8 Å². The summed E-state index contributed by atoms with van der Waals surface area (Å²) in [5, 5.41) is 4.95. The van der Waals surface area contributed by atoms with E-state index < -0.39 is 0 Å². The lowest BCUT2D eigenvalue weighted by atomic mass is 10.1. The monoisotopic (exact) mass is 254 g/mol. The maximum atomic E-state index is 5.69. The summed E-state index contributed by atoms with van der Waals surface area (Å²) < 4.78 is 0. The number of hydrogen-bond acceptors (Lipinski definition) is 3. The van der Waals surface area contributed by atoms with Gasteiger partial charge < -0.3 is 5.73 Å². The Morgan fingerprint density at radius 3 is 2.89 bits per heavy atom. The third-order valence-corrected chi connectivity index (χ3v) is 4.16. The molecule has 2 heterocycles. The third kappa shape index (κ3) is 2.22. The van der Waals surface area contributed by atoms with Gasteiger partial charge in [-0.1, -0.05) is 24.3 Å². The number of hydrogen-bond donors (Lipinski definition) is 1. The van der Waals surface area contributed by atoms with Crippen molar-refractivity contribution in [1.82, 2.24) is 4.98 Å². The van der Waals surface area contributed by atoms with Crippen molar-refractivity contribution < 1.29 is 0 Å². The molecule has 2 N–H and O–H groups in total. The molecule has 0 aliphatic carbocycles. The molecule has 0 saturated carbocycles. The van der Waals surface area contributed by atoms with E-state index in [1.807, 2.05) is 23.5 Å². The van der Waals surface area contributed by atoms with E-state index in [9.17, 15) is 0 Å². The number of nitrogens with two attached hydrogens (primary N) is 1. The second kappa shape index (κ2) is 4.78. The Labute approximate surface area is 110 Å². The minimum Gasteiger partial charge on any atom is -0.384 e. The summed E-state index contributed by atoms with van der Waals surface area (Å²) in [4.78, 5) is 5.46. The van der Waals surface area contributed by atoms with Gasteiger partial charge >= 0.3 is 0 Å². The summed E-state index contributed by atoms with van der Waals surface area (Å²) in [7, 11) is 0. The molecule has 0 aliphatic heterocycles. The zero-order chi connectivity index (χ0) is 12.4. The fourth-order valence-electron chi connectivity index (χ4n) is 2.15. The maximum absolute atomic E-state index is 5.69. The molecule has 3 aromatic rings. The van der Waals surface area contributed by atoms with E-state index in [2.05, 4.69) is 34.6 Å². The molecule has 2 nitrogen and oxygen atoms in total. The lowest BCUT2D eigenvalue weighted by Crippen LogP contribution is -1.94. The second-order valence-electron chi connectivity index (χ2n) is 4.34. The molecule has 0 spiro atoms. The van der Waals surface area contributed by atoms with E-state index in [1.165, 1.54) is 21.2 Å². The van der Waals surface area contributed by atoms with Crippen LogP contribution in [-0.4, -0.2) is 4.98 Å². The fraction of sp³-hybridized carbons (Fsp3) is 0.133. The number of benzene rings is 1. The molecule has 1 aromatic carbocycles. The molecule has 18 heavy (non-hydrogen) atoms. The van der Waals surface area contributed by atoms with Crippen molar-refractivity contribution >= 4 is 27.9 Å². The first-order valence-electron chi connectivity index (χ1n) is 5.98. The zero-order valence-corrected chi connectivity index (χ0v) is 10.8. The molecule has 0 fully saturated rings. The predicted molar refractivity (Wildman–Crippen MR) is 77.9 cm³/mol. The van der Waals surface area contributed by atoms with Gasteiger partial charge in [0.15, 0.2) is 0 Å². The first-order chi connectivity index (χ1) is 8.83. The van der Waals surface area contributed by atoms with Crippen molar-refractivity contribution in [3.05, 3.63) is 58.4 Å². The van der Waals surface area contributed by atoms with Crippen molar-refractivity contribution in [2.45, 2.75) is 12.8 Å². The molecule has 0 aliphatic rings. The van der Waals surface area contributed by atoms with E-state index in [4.69, 9.17) is 5.73 Å². The van der Waals surface area contributed by atoms with Crippen LogP contribution >= 0.6 is 11.3 Å². The standard InChI is InChI=1S/C15H14N2S/c16-15-9-11(7-8-17-15)5-6-14-13-4-2-1-3-12(13)10-18-14/h1-4,7-10H,5-6H2,(H2,16,17). The second-order valence-corrected chi connectivity index (χ2v) is 5.30. The van der Waals surface area contributed by atoms with Crippen LogP contribution in [-0.2, 0) is 12.8 Å². The van der Waals surface area contributed by atoms with Crippen LogP contribution in [0.2, 0.25) is 0 Å². The number of anilines is 1. The van der Waals surface area contributed by atoms with Crippen LogP contribution in [0.4, 0.5) is 5.82 Å². The van der Waals surface area contributed by atoms with Gasteiger partial charge in [0.25, 0.3) is 0 Å². The quantitative estimate of drug-likeness (QED) is 0.774. The lowest BCUT2D eigenvalue weighted by Gasteiger charge is -2.01. The molecule has 0 bridgehead atoms. The van der Waals surface area contributed by atoms with Crippen LogP contribution in [0.5, 0.6) is 0 Å². The number of nitrogens with zero attached hydrogens (tertiary/aromatic N) is 1. The van der Waals surface area contributed by atoms with Crippen molar-refractivity contribution in [3.8, 4) is 0 Å². The Hall–Kier alpha value is -1.87. The Morgan fingerprint density at radius 1 is 1.11 bits per heavy atom. The summed E-state index contributed by atoms with van der Waals surface area (Å²) in [6.07, 6.45) is 3.84. The minimum absolute atomic E-state index is 0.600. The van der Waals surface area contributed by atoms with Crippen LogP contribution in [0.15, 0.2) is 48.0 Å². The molecule has 3 rings (SSSR count). The summed E-state index contributed by atoms with van der Waals surface area (Å²) >= 11 is 1.84. The van der Waals surface area contributed by atoms with Crippen LogP contribution in [0, 0.1) is 0 Å². The number of thiophene rings is 1. The summed E-state index contributed by atoms with van der Waals surface area (Å²) in [5.74, 6) is 0.600. The van der Waals surface area contributed by atoms with Crippen molar-refractivity contribution in [2.75, 3.05) is 5.73 Å². The predicted octanol–water partition coefficient (Wildman–Crippen LogP) is 3.66. The Morgan fingerprint density at radius 2 is 2.00 bits per heavy atom. The Kier molecular flexibility index (Phi) is 2.99. The summed E-state index contributed by atoms with van der Waals surface area (Å²) in [5.41, 5.74) is 6.94. The largest absolute Gasteiger partial charge is 0.384 e. The zero-order valence-electron chi connectivity index (χ0n) is 9.97. The summed E-state index contributed by atoms with van der Waals surface area (Å²) in [6.45, 7) is 0. The highest BCUT2D eigenvalue weighted by atomic mass is 32.1. The Bertz CT molecular complexity index is 673. The molecular weight excluding hydrogens is 240 g/mol. The summed E-state index contributed by atoms with van der Waals surface area (Å²) in [6, 6.07) is 12.5. The molecule has 2 aromatic heterocycles. The van der Waals surface area contributed by atoms with Crippen LogP contribution in [0.3, 0.4) is 0 Å². The van der Waals surface area contributed by atoms with Gasteiger partial charge in [0.2, 0.25) is 0 Å². The van der Waals surface area contributed by atoms with E-state index in [0.29, 0.717) is 5.82 Å². The number of rotatable bonds is 3. The normalized spacial score (nSPS) is 10.9. The first kappa shape index (κ1) is 11.2. The highest BCUT2D eigenvalue weighted by Crippen LogP contribution is 2.26. The van der Waals surface area contributed by atoms with Gasteiger partial charge in [-0.2, -0.15) is 0 Å². The van der Waals surface area contributed by atoms with E-state index >= 15 is 0 Å². The lowest BCUT2D eigenvalue weighted by molar-refractivity contribution is 0.983. The number of pyridine rings is 1. The fourth-order valence-corrected chi connectivity index (χ4v) is 3.16. The number of aryl methyl sites for hydroxylation is 2. The molecule has 0 unspecified atom stereocenters. The highest BCUT2D eigenvalue weighted by Gasteiger charge is 2.04. The smallest absolute Gasteiger partial charge is 0.123 e. The van der Waals surface area contributed by atoms with Gasteiger partial charge in [0, 0.05) is 11.1 Å². The maximum Gasteiger partial charge on any atom is 0.123 e. The van der Waals surface area contributed by atoms with E-state index in [1.54, 1.807) is 6.20 Å². The van der Waals surface area contributed by atoms with E-state index in [0.717, 1.165) is 12.8 Å². The van der Waals surface area contributed by atoms with Gasteiger partial charge in [-0.3, -0.25) is 0 Å². The highest BCUT2D eigenvalue weighted by molar-refractivity contribution is 7.11. The molecule has 0 saturated heterocycles. The van der Waals surface area contributed by atoms with Gasteiger partial charge in [-0.05, 0) is 46.7 Å². The SMILES string of the molecule is Nc1cc(CCc2scc3ccccc23)ccn1. The first-order valence-corrected chi connectivity index (χ1v) is 6.86. The van der Waals surface area contributed by atoms with Gasteiger partial charge in [-0.25, -0.2) is 4.98 Å². The third-order valence-electron chi connectivity index (χ3n) is 3.08. The molecule has 0 radical (unpaired) electrons. The van der Waals surface area contributed by atoms with Gasteiger partial charge in [0.1, 0.15) is 5.82 Å². The van der Waals surface area contributed by atoms with Gasteiger partial charge in [0.05, 0.1) is 0 Å². The molecular formula is C15H14N2S. The van der Waals surface area contributed by atoms with Crippen molar-refractivity contribution in [2.24, 2.45) is 0 Å². The molecule has 90 valence electrons. The number of aromatic nitrogens is 1. The number of nitrogen functional groups attached to an aromatic ring is 1. The minimum atomic E-state index is 0.600. The van der Waals surface area contributed by atoms with Crippen molar-refractivity contribution in [3.63, 3.8) is 0 Å². The van der Waals surface area contributed by atoms with E-state index in [-0.39, 0.29) is 0 Å². The topological polar surface area (TPSA) is 38.9 Å².